The van der Waals surface area contributed by atoms with Gasteiger partial charge in [-0.05, 0) is 37.2 Å². The van der Waals surface area contributed by atoms with Crippen molar-refractivity contribution < 1.29 is 10.0 Å². The Balaban J connectivity index is 1.25. The van der Waals surface area contributed by atoms with Gasteiger partial charge in [0, 0.05) is 74.9 Å². The average Bonchev–Trinajstić information content (AvgIpc) is 3.43. The first-order chi connectivity index (χ1) is 19.5. The van der Waals surface area contributed by atoms with Gasteiger partial charge in [0.15, 0.2) is 5.82 Å². The molecule has 0 bridgehead atoms. The molecule has 3 aliphatic heterocycles. The maximum Gasteiger partial charge on any atom is 0.228 e. The maximum absolute atomic E-state index is 13.6. The molecule has 4 N–H and O–H groups in total. The summed E-state index contributed by atoms with van der Waals surface area (Å²) in [6.45, 7) is 12.6. The molecule has 40 heavy (non-hydrogen) atoms. The zero-order valence-electron chi connectivity index (χ0n) is 23.1. The second kappa shape index (κ2) is 11.4. The molecule has 6 rings (SSSR count). The number of nitrogens with two attached hydrogens (primary N) is 1. The molecule has 3 aliphatic rings. The van der Waals surface area contributed by atoms with Crippen LogP contribution in [0.5, 0.6) is 0 Å². The molecule has 2 fully saturated rings. The zero-order valence-corrected chi connectivity index (χ0v) is 23.1. The molecule has 0 saturated carbocycles. The van der Waals surface area contributed by atoms with Crippen LogP contribution in [0, 0.1) is 12.1 Å². The lowest BCUT2D eigenvalue weighted by Gasteiger charge is -2.36. The minimum atomic E-state index is -0.211. The Morgan fingerprint density at radius 2 is 1.75 bits per heavy atom. The number of piperazine rings is 1. The van der Waals surface area contributed by atoms with Crippen molar-refractivity contribution >= 4 is 29.1 Å². The third-order valence-electron chi connectivity index (χ3n) is 7.94. The number of hydrogen-bond acceptors (Lipinski definition) is 12. The second-order valence-corrected chi connectivity index (χ2v) is 10.4. The van der Waals surface area contributed by atoms with Crippen LogP contribution in [0.2, 0.25) is 0 Å². The van der Waals surface area contributed by atoms with Crippen LogP contribution in [-0.2, 0) is 11.2 Å². The lowest BCUT2D eigenvalue weighted by atomic mass is 10.1. The fraction of sp³-hybridized carbons (Fsp3) is 0.481. The van der Waals surface area contributed by atoms with E-state index in [1.165, 1.54) is 5.69 Å². The highest BCUT2D eigenvalue weighted by Crippen LogP contribution is 2.34. The first-order valence-electron chi connectivity index (χ1n) is 14.0. The number of fused-ring (bicyclic) bond motifs is 1. The predicted octanol–water partition coefficient (Wildman–Crippen LogP) is 0.490. The van der Waals surface area contributed by atoms with Crippen LogP contribution in [0.4, 0.5) is 29.1 Å². The summed E-state index contributed by atoms with van der Waals surface area (Å²) in [4.78, 5) is 25.1. The van der Waals surface area contributed by atoms with Gasteiger partial charge in [-0.25, -0.2) is 20.4 Å². The largest absolute Gasteiger partial charge is 0.582 e. The molecule has 5 heterocycles. The van der Waals surface area contributed by atoms with E-state index in [-0.39, 0.29) is 11.2 Å². The average molecular weight is 548 g/mol. The fourth-order valence-electron chi connectivity index (χ4n) is 5.53. The van der Waals surface area contributed by atoms with Gasteiger partial charge in [0.05, 0.1) is 31.1 Å². The number of nitrogens with zero attached hydrogens (tertiary/aromatic N) is 8. The van der Waals surface area contributed by atoms with Crippen molar-refractivity contribution in [3.8, 4) is 11.3 Å². The van der Waals surface area contributed by atoms with Crippen molar-refractivity contribution in [2.45, 2.75) is 20.3 Å². The summed E-state index contributed by atoms with van der Waals surface area (Å²) in [6.07, 6.45) is 3.97. The summed E-state index contributed by atoms with van der Waals surface area (Å²) < 4.78 is 5.52. The van der Waals surface area contributed by atoms with Crippen molar-refractivity contribution in [2.75, 3.05) is 91.5 Å². The molecule has 2 aromatic heterocycles. The molecular weight excluding hydrogens is 510 g/mol. The topological polar surface area (TPSA) is 139 Å². The second-order valence-electron chi connectivity index (χ2n) is 10.4. The van der Waals surface area contributed by atoms with E-state index in [9.17, 15) is 5.21 Å². The normalized spacial score (nSPS) is 18.6. The molecule has 2 saturated heterocycles. The van der Waals surface area contributed by atoms with Crippen LogP contribution in [0.15, 0.2) is 30.6 Å². The van der Waals surface area contributed by atoms with Crippen LogP contribution in [-0.4, -0.2) is 90.4 Å². The maximum atomic E-state index is 13.6. The number of nitrogen functional groups attached to an aromatic ring is 1. The Kier molecular flexibility index (Phi) is 7.52. The SMILES string of the molecule is CCN1CCN(c2ccc(N[NH+]([O-])N3CCc4c(-c5cnc(N)nc5)nc(N5CCOCC5)nc43)c(C)c2)CC1. The number of aryl methyl sites for hydroxylation is 1. The molecule has 1 unspecified atom stereocenters. The lowest BCUT2D eigenvalue weighted by Crippen LogP contribution is -3.18. The van der Waals surface area contributed by atoms with Crippen LogP contribution in [0.25, 0.3) is 11.3 Å². The first kappa shape index (κ1) is 26.4. The third-order valence-corrected chi connectivity index (χ3v) is 7.94. The van der Waals surface area contributed by atoms with E-state index in [0.717, 1.165) is 60.8 Å². The first-order valence-corrected chi connectivity index (χ1v) is 14.0. The standard InChI is InChI=1S/C27H37N11O2/c1-3-34-8-10-35(11-9-34)21-4-5-23(19(2)16-21)33-38(39)37-7-6-22-24(20-17-29-26(28)30-18-20)31-27(32-25(22)37)36-12-14-40-15-13-36/h4-5,16-18,33,38H,3,6-15H2,1-2H3,(H2,28,29,30). The Labute approximate surface area is 234 Å². The van der Waals surface area contributed by atoms with Gasteiger partial charge in [0.1, 0.15) is 0 Å². The van der Waals surface area contributed by atoms with Crippen molar-refractivity contribution in [3.63, 3.8) is 0 Å². The van der Waals surface area contributed by atoms with E-state index in [1.54, 1.807) is 17.4 Å². The van der Waals surface area contributed by atoms with Crippen LogP contribution >= 0.6 is 0 Å². The van der Waals surface area contributed by atoms with Gasteiger partial charge >= 0.3 is 0 Å². The summed E-state index contributed by atoms with van der Waals surface area (Å²) in [7, 11) is 0. The highest BCUT2D eigenvalue weighted by molar-refractivity contribution is 5.71. The molecule has 1 aromatic carbocycles. The molecule has 13 heteroatoms. The molecular formula is C27H37N11O2. The van der Waals surface area contributed by atoms with Gasteiger partial charge in [0.2, 0.25) is 11.9 Å². The van der Waals surface area contributed by atoms with Crippen LogP contribution in [0.1, 0.15) is 18.1 Å². The van der Waals surface area contributed by atoms with E-state index in [0.29, 0.717) is 51.0 Å². The van der Waals surface area contributed by atoms with Gasteiger partial charge in [-0.2, -0.15) is 15.3 Å². The number of nitrogens with one attached hydrogen (secondary N) is 2. The molecule has 212 valence electrons. The Bertz CT molecular complexity index is 1320. The summed E-state index contributed by atoms with van der Waals surface area (Å²) >= 11 is 0. The number of morpholine rings is 1. The number of likely N-dealkylation sites (N-methyl/N-ethyl adjacent to an activating group) is 1. The number of anilines is 5. The highest BCUT2D eigenvalue weighted by atomic mass is 16.6. The monoisotopic (exact) mass is 547 g/mol. The van der Waals surface area contributed by atoms with Crippen LogP contribution < -0.4 is 31.2 Å². The van der Waals surface area contributed by atoms with Gasteiger partial charge < -0.3 is 30.4 Å². The van der Waals surface area contributed by atoms with Gasteiger partial charge in [-0.3, -0.25) is 0 Å². The van der Waals surface area contributed by atoms with Crippen LogP contribution in [0.3, 0.4) is 0 Å². The fourth-order valence-corrected chi connectivity index (χ4v) is 5.53. The minimum Gasteiger partial charge on any atom is -0.582 e. The number of aromatic nitrogens is 4. The zero-order chi connectivity index (χ0) is 27.6. The Morgan fingerprint density at radius 3 is 2.45 bits per heavy atom. The Hall–Kier alpha value is -3.78. The van der Waals surface area contributed by atoms with E-state index in [4.69, 9.17) is 20.4 Å². The number of ether oxygens (including phenoxy) is 1. The molecule has 3 aromatic rings. The van der Waals surface area contributed by atoms with Crippen molar-refractivity contribution in [1.29, 1.82) is 0 Å². The van der Waals surface area contributed by atoms with E-state index >= 15 is 0 Å². The lowest BCUT2D eigenvalue weighted by molar-refractivity contribution is -0.833. The molecule has 0 aliphatic carbocycles. The van der Waals surface area contributed by atoms with Gasteiger partial charge in [-0.15, -0.1) is 0 Å². The molecule has 1 atom stereocenters. The number of quaternary nitrogens is 1. The smallest absolute Gasteiger partial charge is 0.228 e. The quantitative estimate of drug-likeness (QED) is 0.355. The third kappa shape index (κ3) is 5.32. The van der Waals surface area contributed by atoms with E-state index in [1.807, 2.05) is 13.0 Å². The van der Waals surface area contributed by atoms with Crippen molar-refractivity contribution in [2.24, 2.45) is 0 Å². The number of hydrogen-bond donors (Lipinski definition) is 3. The van der Waals surface area contributed by atoms with Crippen molar-refractivity contribution in [3.05, 3.63) is 46.9 Å². The Morgan fingerprint density at radius 1 is 1.00 bits per heavy atom. The van der Waals surface area contributed by atoms with Crippen molar-refractivity contribution in [1.82, 2.24) is 24.8 Å². The van der Waals surface area contributed by atoms with Gasteiger partial charge in [0.25, 0.3) is 0 Å². The van der Waals surface area contributed by atoms with Gasteiger partial charge in [-0.1, -0.05) is 6.92 Å². The molecule has 0 spiro atoms. The van der Waals surface area contributed by atoms with E-state index < -0.39 is 0 Å². The predicted molar refractivity (Wildman–Crippen MR) is 155 cm³/mol. The molecule has 0 amide bonds. The summed E-state index contributed by atoms with van der Waals surface area (Å²) in [6, 6.07) is 6.26. The molecule has 13 nitrogen and oxygen atoms in total. The minimum absolute atomic E-state index is 0.202. The summed E-state index contributed by atoms with van der Waals surface area (Å²) in [5.74, 6) is 1.38. The number of rotatable bonds is 7. The summed E-state index contributed by atoms with van der Waals surface area (Å²) in [5, 5.41) is 15.1. The number of benzene rings is 1. The summed E-state index contributed by atoms with van der Waals surface area (Å²) in [5.41, 5.74) is 14.3. The highest BCUT2D eigenvalue weighted by Gasteiger charge is 2.32. The molecule has 0 radical (unpaired) electrons. The van der Waals surface area contributed by atoms with E-state index in [2.05, 4.69) is 49.1 Å².